The zero-order chi connectivity index (χ0) is 8.10. The number of hydrogen-bond acceptors (Lipinski definition) is 0. The second-order valence-corrected chi connectivity index (χ2v) is 2.55. The summed E-state index contributed by atoms with van der Waals surface area (Å²) in [4.78, 5) is 0. The predicted octanol–water partition coefficient (Wildman–Crippen LogP) is 3.18. The molecular weight excluding hydrogens is 139 g/mol. The van der Waals surface area contributed by atoms with Crippen LogP contribution in [0.3, 0.4) is 0 Å². The molecule has 1 radical (unpaired) electrons. The van der Waals surface area contributed by atoms with Crippen molar-refractivity contribution >= 4 is 0 Å². The van der Waals surface area contributed by atoms with E-state index in [1.807, 2.05) is 12.5 Å². The average Bonchev–Trinajstić information content (AvgIpc) is 2.01. The molecule has 0 aliphatic rings. The first kappa shape index (κ1) is 8.25. The molecule has 0 aliphatic heterocycles. The monoisotopic (exact) mass is 151 g/mol. The van der Waals surface area contributed by atoms with Crippen LogP contribution in [0.5, 0.6) is 0 Å². The minimum atomic E-state index is -0.158. The van der Waals surface area contributed by atoms with Gasteiger partial charge < -0.3 is 0 Å². The van der Waals surface area contributed by atoms with Crippen LogP contribution >= 0.6 is 0 Å². The SMILES string of the molecule is CCC[CH]c1cccc(F)c1. The molecule has 0 aromatic heterocycles. The van der Waals surface area contributed by atoms with Crippen molar-refractivity contribution in [2.24, 2.45) is 0 Å². The van der Waals surface area contributed by atoms with Gasteiger partial charge in [0.15, 0.2) is 0 Å². The highest BCUT2D eigenvalue weighted by molar-refractivity contribution is 5.23. The highest BCUT2D eigenvalue weighted by Gasteiger charge is 1.93. The third-order valence-corrected chi connectivity index (χ3v) is 1.52. The van der Waals surface area contributed by atoms with Crippen molar-refractivity contribution in [3.05, 3.63) is 42.1 Å². The van der Waals surface area contributed by atoms with Gasteiger partial charge in [-0.3, -0.25) is 0 Å². The number of halogens is 1. The van der Waals surface area contributed by atoms with Crippen LogP contribution in [0.1, 0.15) is 25.3 Å². The van der Waals surface area contributed by atoms with Gasteiger partial charge in [-0.15, -0.1) is 0 Å². The Labute approximate surface area is 67.1 Å². The van der Waals surface area contributed by atoms with Gasteiger partial charge in [0.1, 0.15) is 5.82 Å². The third kappa shape index (κ3) is 2.71. The Hall–Kier alpha value is -0.850. The Kier molecular flexibility index (Phi) is 3.09. The van der Waals surface area contributed by atoms with Gasteiger partial charge in [0.25, 0.3) is 0 Å². The van der Waals surface area contributed by atoms with Crippen LogP contribution in [-0.4, -0.2) is 0 Å². The van der Waals surface area contributed by atoms with E-state index >= 15 is 0 Å². The van der Waals surface area contributed by atoms with Gasteiger partial charge in [-0.1, -0.05) is 25.5 Å². The summed E-state index contributed by atoms with van der Waals surface area (Å²) >= 11 is 0. The van der Waals surface area contributed by atoms with E-state index in [9.17, 15) is 4.39 Å². The Morgan fingerprint density at radius 1 is 1.45 bits per heavy atom. The molecule has 0 heterocycles. The topological polar surface area (TPSA) is 0 Å². The van der Waals surface area contributed by atoms with Crippen LogP contribution in [0, 0.1) is 12.2 Å². The highest BCUT2D eigenvalue weighted by atomic mass is 19.1. The maximum absolute atomic E-state index is 12.6. The number of unbranched alkanes of at least 4 members (excludes halogenated alkanes) is 1. The normalized spacial score (nSPS) is 10.0. The van der Waals surface area contributed by atoms with Crippen LogP contribution in [-0.2, 0) is 0 Å². The summed E-state index contributed by atoms with van der Waals surface area (Å²) in [6, 6.07) is 6.66. The molecule has 0 atom stereocenters. The molecule has 0 fully saturated rings. The van der Waals surface area contributed by atoms with Crippen LogP contribution in [0.25, 0.3) is 0 Å². The quantitative estimate of drug-likeness (QED) is 0.622. The van der Waals surface area contributed by atoms with E-state index in [4.69, 9.17) is 0 Å². The predicted molar refractivity (Wildman–Crippen MR) is 44.7 cm³/mol. The lowest BCUT2D eigenvalue weighted by atomic mass is 10.1. The van der Waals surface area contributed by atoms with Gasteiger partial charge in [-0.05, 0) is 30.5 Å². The molecule has 0 nitrogen and oxygen atoms in total. The fourth-order valence-electron chi connectivity index (χ4n) is 0.945. The van der Waals surface area contributed by atoms with E-state index in [2.05, 4.69) is 6.92 Å². The van der Waals surface area contributed by atoms with Crippen LogP contribution in [0.15, 0.2) is 24.3 Å². The summed E-state index contributed by atoms with van der Waals surface area (Å²) in [5.41, 5.74) is 0.979. The number of rotatable bonds is 3. The lowest BCUT2D eigenvalue weighted by Crippen LogP contribution is -1.82. The van der Waals surface area contributed by atoms with Crippen molar-refractivity contribution in [3.63, 3.8) is 0 Å². The molecule has 1 heteroatoms. The molecule has 0 saturated carbocycles. The smallest absolute Gasteiger partial charge is 0.123 e. The van der Waals surface area contributed by atoms with E-state index in [0.29, 0.717) is 0 Å². The molecule has 0 spiro atoms. The molecule has 1 rings (SSSR count). The van der Waals surface area contributed by atoms with Gasteiger partial charge in [-0.25, -0.2) is 4.39 Å². The lowest BCUT2D eigenvalue weighted by Gasteiger charge is -1.97. The summed E-state index contributed by atoms with van der Waals surface area (Å²) < 4.78 is 12.6. The zero-order valence-corrected chi connectivity index (χ0v) is 6.68. The van der Waals surface area contributed by atoms with E-state index in [-0.39, 0.29) is 5.82 Å². The highest BCUT2D eigenvalue weighted by Crippen LogP contribution is 2.08. The molecule has 59 valence electrons. The van der Waals surface area contributed by atoms with Crippen molar-refractivity contribution in [1.82, 2.24) is 0 Å². The van der Waals surface area contributed by atoms with Crippen LogP contribution in [0.4, 0.5) is 4.39 Å². The summed E-state index contributed by atoms with van der Waals surface area (Å²) in [7, 11) is 0. The van der Waals surface area contributed by atoms with Gasteiger partial charge in [0.05, 0.1) is 0 Å². The molecule has 11 heavy (non-hydrogen) atoms. The first-order valence-corrected chi connectivity index (χ1v) is 3.91. The number of hydrogen-bond donors (Lipinski definition) is 0. The molecule has 0 bridgehead atoms. The molecule has 0 unspecified atom stereocenters. The van der Waals surface area contributed by atoms with E-state index < -0.39 is 0 Å². The molecule has 1 aromatic rings. The number of benzene rings is 1. The molecule has 0 aliphatic carbocycles. The van der Waals surface area contributed by atoms with Gasteiger partial charge in [0.2, 0.25) is 0 Å². The Morgan fingerprint density at radius 3 is 2.91 bits per heavy atom. The van der Waals surface area contributed by atoms with Gasteiger partial charge in [0, 0.05) is 0 Å². The second kappa shape index (κ2) is 4.12. The second-order valence-electron chi connectivity index (χ2n) is 2.55. The molecule has 0 amide bonds. The van der Waals surface area contributed by atoms with E-state index in [0.717, 1.165) is 18.4 Å². The molecule has 1 aromatic carbocycles. The first-order valence-electron chi connectivity index (χ1n) is 3.91. The molecule has 0 saturated heterocycles. The van der Waals surface area contributed by atoms with Crippen molar-refractivity contribution < 1.29 is 4.39 Å². The standard InChI is InChI=1S/C10H12F/c1-2-3-5-9-6-4-7-10(11)8-9/h4-8H,2-3H2,1H3. The largest absolute Gasteiger partial charge is 0.207 e. The minimum absolute atomic E-state index is 0.158. The van der Waals surface area contributed by atoms with E-state index in [1.54, 1.807) is 12.1 Å². The third-order valence-electron chi connectivity index (χ3n) is 1.52. The maximum atomic E-state index is 12.6. The summed E-state index contributed by atoms with van der Waals surface area (Å²) in [6.07, 6.45) is 4.17. The Balaban J connectivity index is 2.56. The van der Waals surface area contributed by atoms with Crippen LogP contribution < -0.4 is 0 Å². The summed E-state index contributed by atoms with van der Waals surface area (Å²) in [5, 5.41) is 0. The first-order chi connectivity index (χ1) is 5.33. The zero-order valence-electron chi connectivity index (χ0n) is 6.68. The van der Waals surface area contributed by atoms with Crippen molar-refractivity contribution in [2.75, 3.05) is 0 Å². The van der Waals surface area contributed by atoms with Crippen molar-refractivity contribution in [1.29, 1.82) is 0 Å². The van der Waals surface area contributed by atoms with Crippen LogP contribution in [0.2, 0.25) is 0 Å². The molecular formula is C10H12F. The van der Waals surface area contributed by atoms with Gasteiger partial charge in [-0.2, -0.15) is 0 Å². The van der Waals surface area contributed by atoms with Crippen molar-refractivity contribution in [3.8, 4) is 0 Å². The fraction of sp³-hybridized carbons (Fsp3) is 0.300. The van der Waals surface area contributed by atoms with E-state index in [1.165, 1.54) is 6.07 Å². The average molecular weight is 151 g/mol. The maximum Gasteiger partial charge on any atom is 0.123 e. The Morgan fingerprint density at radius 2 is 2.27 bits per heavy atom. The summed E-state index contributed by atoms with van der Waals surface area (Å²) in [6.45, 7) is 2.11. The molecule has 0 N–H and O–H groups in total. The van der Waals surface area contributed by atoms with Crippen molar-refractivity contribution in [2.45, 2.75) is 19.8 Å². The minimum Gasteiger partial charge on any atom is -0.207 e. The Bertz CT molecular complexity index is 218. The fourth-order valence-corrected chi connectivity index (χ4v) is 0.945. The lowest BCUT2D eigenvalue weighted by molar-refractivity contribution is 0.626. The summed E-state index contributed by atoms with van der Waals surface area (Å²) in [5.74, 6) is -0.158. The van der Waals surface area contributed by atoms with Gasteiger partial charge >= 0.3 is 0 Å².